The number of nitrogens with one attached hydrogen (secondary N) is 1. The van der Waals surface area contributed by atoms with Crippen LogP contribution in [0.2, 0.25) is 0 Å². The van der Waals surface area contributed by atoms with Crippen molar-refractivity contribution in [3.8, 4) is 5.75 Å². The van der Waals surface area contributed by atoms with Gasteiger partial charge in [-0.1, -0.05) is 12.1 Å². The van der Waals surface area contributed by atoms with Gasteiger partial charge >= 0.3 is 0 Å². The van der Waals surface area contributed by atoms with E-state index in [2.05, 4.69) is 5.32 Å². The summed E-state index contributed by atoms with van der Waals surface area (Å²) in [6, 6.07) is 6.45. The quantitative estimate of drug-likeness (QED) is 0.693. The van der Waals surface area contributed by atoms with Crippen LogP contribution in [0, 0.1) is 0 Å². The number of hydrogen-bond acceptors (Lipinski definition) is 7. The fourth-order valence-corrected chi connectivity index (χ4v) is 4.80. The van der Waals surface area contributed by atoms with Crippen LogP contribution in [0.3, 0.4) is 0 Å². The van der Waals surface area contributed by atoms with E-state index in [1.54, 1.807) is 37.5 Å². The van der Waals surface area contributed by atoms with Crippen LogP contribution >= 0.6 is 11.8 Å². The van der Waals surface area contributed by atoms with Crippen LogP contribution in [-0.2, 0) is 19.4 Å². The monoisotopic (exact) mass is 422 g/mol. The summed E-state index contributed by atoms with van der Waals surface area (Å²) in [7, 11) is -1.71. The third-order valence-corrected chi connectivity index (χ3v) is 6.43. The van der Waals surface area contributed by atoms with Crippen molar-refractivity contribution in [3.05, 3.63) is 46.2 Å². The van der Waals surface area contributed by atoms with Gasteiger partial charge < -0.3 is 10.1 Å². The number of benzene rings is 1. The van der Waals surface area contributed by atoms with Crippen LogP contribution in [0.5, 0.6) is 5.75 Å². The summed E-state index contributed by atoms with van der Waals surface area (Å²) in [5.41, 5.74) is 0.748. The number of imide groups is 1. The molecule has 1 aromatic carbocycles. The predicted molar refractivity (Wildman–Crippen MR) is 105 cm³/mol. The minimum atomic E-state index is -3.26. The molecule has 1 N–H and O–H groups in total. The van der Waals surface area contributed by atoms with Gasteiger partial charge in [0.1, 0.15) is 5.75 Å². The fourth-order valence-electron chi connectivity index (χ4n) is 2.70. The predicted octanol–water partition coefficient (Wildman–Crippen LogP) is 1.55. The molecular formula is C18H18N2O6S2. The van der Waals surface area contributed by atoms with E-state index >= 15 is 0 Å². The molecule has 1 fully saturated rings. The molecule has 1 atom stereocenters. The largest absolute Gasteiger partial charge is 0.497 e. The molecule has 1 saturated heterocycles. The number of hydrogen-bond donors (Lipinski definition) is 1. The van der Waals surface area contributed by atoms with Gasteiger partial charge in [-0.05, 0) is 41.6 Å². The summed E-state index contributed by atoms with van der Waals surface area (Å²) in [4.78, 5) is 37.9. The average Bonchev–Trinajstić information content (AvgIpc) is 3.12. The lowest BCUT2D eigenvalue weighted by atomic mass is 10.2. The second-order valence-corrected chi connectivity index (χ2v) is 9.11. The number of sulfone groups is 1. The van der Waals surface area contributed by atoms with E-state index in [4.69, 9.17) is 4.74 Å². The lowest BCUT2D eigenvalue weighted by Crippen LogP contribution is -2.38. The lowest BCUT2D eigenvalue weighted by molar-refractivity contribution is -0.124. The van der Waals surface area contributed by atoms with Crippen molar-refractivity contribution in [2.24, 2.45) is 0 Å². The van der Waals surface area contributed by atoms with E-state index in [1.807, 2.05) is 0 Å². The minimum Gasteiger partial charge on any atom is -0.497 e. The van der Waals surface area contributed by atoms with Crippen LogP contribution in [0.25, 0.3) is 6.08 Å². The molecule has 0 bridgehead atoms. The number of thioether (sulfide) groups is 1. The van der Waals surface area contributed by atoms with Crippen LogP contribution in [-0.4, -0.2) is 55.8 Å². The first-order valence-corrected chi connectivity index (χ1v) is 10.9. The van der Waals surface area contributed by atoms with Crippen molar-refractivity contribution >= 4 is 44.7 Å². The molecule has 148 valence electrons. The summed E-state index contributed by atoms with van der Waals surface area (Å²) in [6.07, 6.45) is 2.92. The van der Waals surface area contributed by atoms with Crippen molar-refractivity contribution in [1.82, 2.24) is 10.2 Å². The summed E-state index contributed by atoms with van der Waals surface area (Å²) >= 11 is 0.816. The standard InChI is InChI=1S/C18H18N2O6S2/c1-26-14-4-2-12(3-5-14)10-15-17(22)20(18(23)27-15)8-6-16(21)19-13-7-9-28(24,25)11-13/h2-5,7,9-10,13H,6,8,11H2,1H3,(H,19,21)/b15-10-/t13-/m1/s1. The van der Waals surface area contributed by atoms with Gasteiger partial charge in [0.2, 0.25) is 5.91 Å². The number of rotatable bonds is 6. The zero-order valence-electron chi connectivity index (χ0n) is 15.0. The molecule has 28 heavy (non-hydrogen) atoms. The van der Waals surface area contributed by atoms with Crippen LogP contribution in [0.15, 0.2) is 40.7 Å². The Morgan fingerprint density at radius 2 is 2.04 bits per heavy atom. The molecule has 0 aliphatic carbocycles. The maximum absolute atomic E-state index is 12.5. The molecule has 0 radical (unpaired) electrons. The van der Waals surface area contributed by atoms with Gasteiger partial charge in [-0.2, -0.15) is 0 Å². The molecule has 1 aromatic rings. The number of amides is 3. The Morgan fingerprint density at radius 3 is 2.64 bits per heavy atom. The third kappa shape index (κ3) is 4.82. The smallest absolute Gasteiger partial charge is 0.293 e. The molecule has 8 nitrogen and oxygen atoms in total. The summed E-state index contributed by atoms with van der Waals surface area (Å²) in [6.45, 7) is -0.0698. The lowest BCUT2D eigenvalue weighted by Gasteiger charge is -2.14. The fraction of sp³-hybridized carbons (Fsp3) is 0.278. The van der Waals surface area contributed by atoms with Crippen molar-refractivity contribution in [3.63, 3.8) is 0 Å². The van der Waals surface area contributed by atoms with Gasteiger partial charge in [0, 0.05) is 18.4 Å². The van der Waals surface area contributed by atoms with E-state index in [9.17, 15) is 22.8 Å². The molecule has 2 aliphatic heterocycles. The first-order chi connectivity index (χ1) is 13.3. The third-order valence-electron chi connectivity index (χ3n) is 4.13. The first-order valence-electron chi connectivity index (χ1n) is 8.37. The maximum atomic E-state index is 12.5. The van der Waals surface area contributed by atoms with Crippen molar-refractivity contribution in [1.29, 1.82) is 0 Å². The van der Waals surface area contributed by atoms with Crippen LogP contribution in [0.4, 0.5) is 4.79 Å². The van der Waals surface area contributed by atoms with Gasteiger partial charge in [0.25, 0.3) is 11.1 Å². The average molecular weight is 422 g/mol. The Morgan fingerprint density at radius 1 is 1.32 bits per heavy atom. The van der Waals surface area contributed by atoms with Crippen molar-refractivity contribution < 1.29 is 27.5 Å². The zero-order valence-corrected chi connectivity index (χ0v) is 16.6. The molecule has 10 heteroatoms. The molecular weight excluding hydrogens is 404 g/mol. The normalized spacial score (nSPS) is 22.1. The van der Waals surface area contributed by atoms with E-state index in [1.165, 1.54) is 6.08 Å². The number of carbonyl (C=O) groups excluding carboxylic acids is 3. The van der Waals surface area contributed by atoms with Gasteiger partial charge in [-0.25, -0.2) is 8.42 Å². The Kier molecular flexibility index (Phi) is 5.90. The van der Waals surface area contributed by atoms with Crippen LogP contribution < -0.4 is 10.1 Å². The summed E-state index contributed by atoms with van der Waals surface area (Å²) in [5.74, 6) is -0.377. The van der Waals surface area contributed by atoms with Gasteiger partial charge in [0.15, 0.2) is 9.84 Å². The second-order valence-electron chi connectivity index (χ2n) is 6.19. The van der Waals surface area contributed by atoms with E-state index < -0.39 is 32.9 Å². The summed E-state index contributed by atoms with van der Waals surface area (Å²) in [5, 5.41) is 3.19. The highest BCUT2D eigenvalue weighted by atomic mass is 32.2. The molecule has 2 aliphatic rings. The first kappa shape index (κ1) is 20.2. The van der Waals surface area contributed by atoms with Crippen molar-refractivity contribution in [2.75, 3.05) is 19.4 Å². The Hall–Kier alpha value is -2.59. The molecule has 0 unspecified atom stereocenters. The number of carbonyl (C=O) groups is 3. The number of nitrogens with zero attached hydrogens (tertiary/aromatic N) is 1. The SMILES string of the molecule is COc1ccc(/C=C2\SC(=O)N(CCC(=O)N[C@@H]3C=CS(=O)(=O)C3)C2=O)cc1. The topological polar surface area (TPSA) is 110 Å². The Balaban J connectivity index is 1.57. The second kappa shape index (κ2) is 8.19. The van der Waals surface area contributed by atoms with E-state index in [0.29, 0.717) is 5.75 Å². The maximum Gasteiger partial charge on any atom is 0.293 e. The van der Waals surface area contributed by atoms with Gasteiger partial charge in [-0.3, -0.25) is 19.3 Å². The molecule has 3 amide bonds. The highest BCUT2D eigenvalue weighted by molar-refractivity contribution is 8.18. The Labute approximate surface area is 166 Å². The summed E-state index contributed by atoms with van der Waals surface area (Å²) < 4.78 is 27.8. The minimum absolute atomic E-state index is 0.0698. The van der Waals surface area contributed by atoms with E-state index in [0.717, 1.165) is 27.6 Å². The van der Waals surface area contributed by atoms with Crippen molar-refractivity contribution in [2.45, 2.75) is 12.5 Å². The van der Waals surface area contributed by atoms with Gasteiger partial charge in [0.05, 0.1) is 23.8 Å². The molecule has 0 spiro atoms. The molecule has 3 rings (SSSR count). The highest BCUT2D eigenvalue weighted by Crippen LogP contribution is 2.32. The van der Waals surface area contributed by atoms with Crippen LogP contribution in [0.1, 0.15) is 12.0 Å². The van der Waals surface area contributed by atoms with Gasteiger partial charge in [-0.15, -0.1) is 0 Å². The Bertz CT molecular complexity index is 966. The van der Waals surface area contributed by atoms with E-state index in [-0.39, 0.29) is 23.6 Å². The zero-order chi connectivity index (χ0) is 20.3. The number of ether oxygens (including phenoxy) is 1. The molecule has 2 heterocycles. The molecule has 0 aromatic heterocycles. The molecule has 0 saturated carbocycles. The number of methoxy groups -OCH3 is 1. The highest BCUT2D eigenvalue weighted by Gasteiger charge is 2.35.